The first-order chi connectivity index (χ1) is 13.1. The molecule has 1 aromatic heterocycles. The van der Waals surface area contributed by atoms with Gasteiger partial charge in [-0.3, -0.25) is 0 Å². The Labute approximate surface area is 167 Å². The second-order valence-corrected chi connectivity index (χ2v) is 7.53. The van der Waals surface area contributed by atoms with Crippen molar-refractivity contribution < 1.29 is 9.53 Å². The molecule has 0 radical (unpaired) electrons. The van der Waals surface area contributed by atoms with Crippen molar-refractivity contribution in [1.29, 1.82) is 0 Å². The zero-order chi connectivity index (χ0) is 19.2. The standard InChI is InChI=1S/C19H24BrN5O2/c1-3-4-5-6-7-11-27-18(26)16-13(2)21-19-22-23-24-25(19)17(16)14-9-8-10-15(20)12-14/h8-10,12,17H,3-7,11H2,1-2H3,(H,21,22,24)/t17-/m0/s1. The summed E-state index contributed by atoms with van der Waals surface area (Å²) in [6.07, 6.45) is 5.54. The predicted molar refractivity (Wildman–Crippen MR) is 106 cm³/mol. The number of anilines is 1. The van der Waals surface area contributed by atoms with Gasteiger partial charge in [0.25, 0.3) is 0 Å². The second-order valence-electron chi connectivity index (χ2n) is 6.62. The maximum absolute atomic E-state index is 12.9. The van der Waals surface area contributed by atoms with Gasteiger partial charge in [0.15, 0.2) is 0 Å². The molecule has 0 bridgehead atoms. The molecule has 1 aliphatic heterocycles. The van der Waals surface area contributed by atoms with Crippen LogP contribution in [0.5, 0.6) is 0 Å². The van der Waals surface area contributed by atoms with Crippen LogP contribution in [0.4, 0.5) is 5.95 Å². The highest BCUT2D eigenvalue weighted by Crippen LogP contribution is 2.35. The average Bonchev–Trinajstić information content (AvgIpc) is 3.11. The summed E-state index contributed by atoms with van der Waals surface area (Å²) in [7, 11) is 0. The van der Waals surface area contributed by atoms with Crippen molar-refractivity contribution in [3.63, 3.8) is 0 Å². The number of fused-ring (bicyclic) bond motifs is 1. The molecular weight excluding hydrogens is 410 g/mol. The smallest absolute Gasteiger partial charge is 0.338 e. The van der Waals surface area contributed by atoms with Crippen LogP contribution in [0.25, 0.3) is 0 Å². The molecule has 1 aliphatic rings. The number of carbonyl (C=O) groups excluding carboxylic acids is 1. The molecule has 0 saturated heterocycles. The Balaban J connectivity index is 1.80. The van der Waals surface area contributed by atoms with Crippen molar-refractivity contribution in [1.82, 2.24) is 20.2 Å². The maximum atomic E-state index is 12.9. The van der Waals surface area contributed by atoms with E-state index in [4.69, 9.17) is 4.74 Å². The summed E-state index contributed by atoms with van der Waals surface area (Å²) in [6, 6.07) is 7.36. The molecule has 3 rings (SSSR count). The summed E-state index contributed by atoms with van der Waals surface area (Å²) < 4.78 is 8.12. The Morgan fingerprint density at radius 3 is 2.89 bits per heavy atom. The van der Waals surface area contributed by atoms with Crippen LogP contribution in [0, 0.1) is 0 Å². The summed E-state index contributed by atoms with van der Waals surface area (Å²) >= 11 is 3.49. The first-order valence-corrected chi connectivity index (χ1v) is 10.1. The number of halogens is 1. The molecule has 1 N–H and O–H groups in total. The third-order valence-corrected chi connectivity index (χ3v) is 5.07. The maximum Gasteiger partial charge on any atom is 0.338 e. The second kappa shape index (κ2) is 9.12. The molecule has 8 heteroatoms. The van der Waals surface area contributed by atoms with E-state index in [0.717, 1.165) is 22.9 Å². The van der Waals surface area contributed by atoms with Crippen LogP contribution in [-0.2, 0) is 9.53 Å². The van der Waals surface area contributed by atoms with Crippen LogP contribution in [-0.4, -0.2) is 32.8 Å². The summed E-state index contributed by atoms with van der Waals surface area (Å²) in [6.45, 7) is 4.45. The molecule has 2 aromatic rings. The van der Waals surface area contributed by atoms with E-state index in [-0.39, 0.29) is 5.97 Å². The van der Waals surface area contributed by atoms with Gasteiger partial charge >= 0.3 is 5.97 Å². The fourth-order valence-corrected chi connectivity index (χ4v) is 3.63. The highest BCUT2D eigenvalue weighted by molar-refractivity contribution is 9.10. The molecule has 7 nitrogen and oxygen atoms in total. The largest absolute Gasteiger partial charge is 0.462 e. The van der Waals surface area contributed by atoms with Crippen molar-refractivity contribution in [3.05, 3.63) is 45.6 Å². The molecule has 0 fully saturated rings. The molecule has 1 aromatic carbocycles. The predicted octanol–water partition coefficient (Wildman–Crippen LogP) is 4.24. The molecule has 1 atom stereocenters. The number of benzene rings is 1. The lowest BCUT2D eigenvalue weighted by atomic mass is 9.96. The van der Waals surface area contributed by atoms with Crippen LogP contribution in [0.2, 0.25) is 0 Å². The molecule has 27 heavy (non-hydrogen) atoms. The van der Waals surface area contributed by atoms with Gasteiger partial charge in [-0.25, -0.2) is 4.79 Å². The Morgan fingerprint density at radius 1 is 1.30 bits per heavy atom. The fourth-order valence-electron chi connectivity index (χ4n) is 3.21. The van der Waals surface area contributed by atoms with Crippen molar-refractivity contribution in [2.45, 2.75) is 52.0 Å². The van der Waals surface area contributed by atoms with E-state index in [9.17, 15) is 4.79 Å². The van der Waals surface area contributed by atoms with E-state index in [1.807, 2.05) is 31.2 Å². The van der Waals surface area contributed by atoms with Crippen LogP contribution < -0.4 is 5.32 Å². The number of rotatable bonds is 8. The van der Waals surface area contributed by atoms with Crippen molar-refractivity contribution in [2.75, 3.05) is 11.9 Å². The van der Waals surface area contributed by atoms with Crippen LogP contribution in [0.1, 0.15) is 57.6 Å². The van der Waals surface area contributed by atoms with Gasteiger partial charge < -0.3 is 10.1 Å². The zero-order valence-corrected chi connectivity index (χ0v) is 17.2. The molecule has 144 valence electrons. The number of hydrogen-bond acceptors (Lipinski definition) is 6. The van der Waals surface area contributed by atoms with E-state index in [2.05, 4.69) is 43.7 Å². The number of esters is 1. The Kier molecular flexibility index (Phi) is 6.60. The lowest BCUT2D eigenvalue weighted by Gasteiger charge is -2.27. The SMILES string of the molecule is CCCCCCCOC(=O)C1=C(C)Nc2nnnn2[C@H]1c1cccc(Br)c1. The van der Waals surface area contributed by atoms with Crippen LogP contribution in [0.15, 0.2) is 40.0 Å². The van der Waals surface area contributed by atoms with E-state index in [1.165, 1.54) is 19.3 Å². The van der Waals surface area contributed by atoms with Gasteiger partial charge in [0.1, 0.15) is 6.04 Å². The quantitative estimate of drug-likeness (QED) is 0.495. The van der Waals surface area contributed by atoms with Gasteiger partial charge in [-0.1, -0.05) is 65.8 Å². The van der Waals surface area contributed by atoms with Gasteiger partial charge in [-0.05, 0) is 41.5 Å². The minimum Gasteiger partial charge on any atom is -0.462 e. The lowest BCUT2D eigenvalue weighted by Crippen LogP contribution is -2.29. The number of tetrazole rings is 1. The van der Waals surface area contributed by atoms with E-state index in [0.29, 0.717) is 23.8 Å². The molecule has 0 saturated carbocycles. The number of allylic oxidation sites excluding steroid dienone is 1. The number of unbranched alkanes of at least 4 members (excludes halogenated alkanes) is 4. The van der Waals surface area contributed by atoms with Gasteiger partial charge in [-0.15, -0.1) is 0 Å². The normalized spacial score (nSPS) is 16.0. The number of nitrogens with one attached hydrogen (secondary N) is 1. The van der Waals surface area contributed by atoms with Crippen LogP contribution >= 0.6 is 15.9 Å². The van der Waals surface area contributed by atoms with Gasteiger partial charge in [0.2, 0.25) is 5.95 Å². The Hall–Kier alpha value is -2.22. The molecule has 0 aliphatic carbocycles. The third-order valence-electron chi connectivity index (χ3n) is 4.58. The van der Waals surface area contributed by atoms with Gasteiger partial charge in [0, 0.05) is 10.2 Å². The summed E-state index contributed by atoms with van der Waals surface area (Å²) in [5, 5.41) is 14.9. The average molecular weight is 434 g/mol. The van der Waals surface area contributed by atoms with Crippen molar-refractivity contribution >= 4 is 27.8 Å². The molecule has 0 amide bonds. The monoisotopic (exact) mass is 433 g/mol. The molecule has 0 unspecified atom stereocenters. The highest BCUT2D eigenvalue weighted by atomic mass is 79.9. The molecule has 0 spiro atoms. The summed E-state index contributed by atoms with van der Waals surface area (Å²) in [4.78, 5) is 12.9. The van der Waals surface area contributed by atoms with Gasteiger partial charge in [-0.2, -0.15) is 4.68 Å². The minimum absolute atomic E-state index is 0.332. The van der Waals surface area contributed by atoms with Gasteiger partial charge in [0.05, 0.1) is 12.2 Å². The summed E-state index contributed by atoms with van der Waals surface area (Å²) in [5.41, 5.74) is 2.15. The van der Waals surface area contributed by atoms with Crippen molar-refractivity contribution in [3.8, 4) is 0 Å². The highest BCUT2D eigenvalue weighted by Gasteiger charge is 2.34. The first-order valence-electron chi connectivity index (χ1n) is 9.30. The molecular formula is C19H24BrN5O2. The first kappa shape index (κ1) is 19.5. The van der Waals surface area contributed by atoms with E-state index < -0.39 is 6.04 Å². The number of aromatic nitrogens is 4. The fraction of sp³-hybridized carbons (Fsp3) is 0.474. The van der Waals surface area contributed by atoms with E-state index in [1.54, 1.807) is 4.68 Å². The van der Waals surface area contributed by atoms with E-state index >= 15 is 0 Å². The Morgan fingerprint density at radius 2 is 2.11 bits per heavy atom. The lowest BCUT2D eigenvalue weighted by molar-refractivity contribution is -0.139. The topological polar surface area (TPSA) is 81.9 Å². The summed E-state index contributed by atoms with van der Waals surface area (Å²) in [5.74, 6) is 0.176. The molecule has 2 heterocycles. The van der Waals surface area contributed by atoms with Crippen molar-refractivity contribution in [2.24, 2.45) is 0 Å². The number of ether oxygens (including phenoxy) is 1. The van der Waals surface area contributed by atoms with Crippen LogP contribution in [0.3, 0.4) is 0 Å². The number of carbonyl (C=O) groups is 1. The zero-order valence-electron chi connectivity index (χ0n) is 15.6. The number of nitrogens with zero attached hydrogens (tertiary/aromatic N) is 4. The third kappa shape index (κ3) is 4.55. The number of hydrogen-bond donors (Lipinski definition) is 1. The minimum atomic E-state index is -0.429. The Bertz CT molecular complexity index is 833.